The molecule has 2 fully saturated rings. The van der Waals surface area contributed by atoms with E-state index in [9.17, 15) is 9.59 Å². The molecule has 1 saturated carbocycles. The molecule has 2 aromatic rings. The molecule has 2 heterocycles. The van der Waals surface area contributed by atoms with Gasteiger partial charge >= 0.3 is 6.09 Å². The summed E-state index contributed by atoms with van der Waals surface area (Å²) in [5.74, 6) is 0.329. The number of aromatic nitrogens is 1. The van der Waals surface area contributed by atoms with E-state index >= 15 is 0 Å². The Morgan fingerprint density at radius 1 is 1.11 bits per heavy atom. The minimum absolute atomic E-state index is 0.0373. The predicted molar refractivity (Wildman–Crippen MR) is 140 cm³/mol. The van der Waals surface area contributed by atoms with E-state index in [4.69, 9.17) is 9.82 Å². The number of unbranched alkanes of at least 4 members (excludes halogenated alkanes) is 1. The lowest BCUT2D eigenvalue weighted by Crippen LogP contribution is -2.38. The largest absolute Gasteiger partial charge is 0.430 e. The first-order valence-corrected chi connectivity index (χ1v) is 14.0. The van der Waals surface area contributed by atoms with E-state index in [2.05, 4.69) is 24.4 Å². The normalized spacial score (nSPS) is 17.8. The number of aryl methyl sites for hydroxylation is 1. The molecule has 1 aliphatic heterocycles. The lowest BCUT2D eigenvalue weighted by atomic mass is 9.94. The summed E-state index contributed by atoms with van der Waals surface area (Å²) in [6.45, 7) is 3.49. The Kier molecular flexibility index (Phi) is 9.15. The molecule has 1 saturated heterocycles. The Hall–Kier alpha value is -2.45. The summed E-state index contributed by atoms with van der Waals surface area (Å²) in [5, 5.41) is 7.45. The van der Waals surface area contributed by atoms with Crippen molar-refractivity contribution in [3.8, 4) is 0 Å². The highest BCUT2D eigenvalue weighted by atomic mass is 32.1. The number of nitrogens with zero attached hydrogens (tertiary/aromatic N) is 3. The number of hydrogen-bond acceptors (Lipinski definition) is 6. The molecule has 35 heavy (non-hydrogen) atoms. The third kappa shape index (κ3) is 7.04. The minimum atomic E-state index is -0.461. The summed E-state index contributed by atoms with van der Waals surface area (Å²) in [4.78, 5) is 37.4. The van der Waals surface area contributed by atoms with Gasteiger partial charge in [0.2, 0.25) is 0 Å². The second kappa shape index (κ2) is 12.5. The predicted octanol–water partition coefficient (Wildman–Crippen LogP) is 6.23. The first kappa shape index (κ1) is 25.6. The fourth-order valence-electron chi connectivity index (χ4n) is 4.98. The van der Waals surface area contributed by atoms with Crippen LogP contribution in [-0.2, 0) is 11.3 Å². The molecule has 1 aromatic carbocycles. The summed E-state index contributed by atoms with van der Waals surface area (Å²) in [5.41, 5.74) is 2.58. The van der Waals surface area contributed by atoms with Gasteiger partial charge in [0.25, 0.3) is 5.91 Å². The fraction of sp³-hybridized carbons (Fsp3) is 0.593. The molecular weight excluding hydrogens is 460 g/mol. The lowest BCUT2D eigenvalue weighted by Gasteiger charge is -2.30. The van der Waals surface area contributed by atoms with Gasteiger partial charge < -0.3 is 9.74 Å². The monoisotopic (exact) mass is 498 g/mol. The van der Waals surface area contributed by atoms with Crippen molar-refractivity contribution in [3.05, 3.63) is 45.9 Å². The van der Waals surface area contributed by atoms with Crippen molar-refractivity contribution in [2.24, 2.45) is 0 Å². The Morgan fingerprint density at radius 3 is 2.51 bits per heavy atom. The number of hydroxylamine groups is 2. The van der Waals surface area contributed by atoms with Crippen LogP contribution in [0.1, 0.15) is 91.7 Å². The maximum absolute atomic E-state index is 12.9. The van der Waals surface area contributed by atoms with Crippen LogP contribution in [0.4, 0.5) is 10.5 Å². The molecule has 2 amide bonds. The number of thiazole rings is 1. The molecule has 0 radical (unpaired) electrons. The van der Waals surface area contributed by atoms with Gasteiger partial charge in [0, 0.05) is 43.2 Å². The SMILES string of the molecule is CCCCc1ccc(NC(=O)ON2CCC(c3nc(C(=O)N(C)C4CCCCC4)cs3)CC2)cc1. The number of carbonyl (C=O) groups excluding carboxylic acids is 2. The minimum Gasteiger partial charge on any atom is -0.351 e. The molecular formula is C27H38N4O3S. The van der Waals surface area contributed by atoms with E-state index in [-0.39, 0.29) is 5.91 Å². The summed E-state index contributed by atoms with van der Waals surface area (Å²) in [6, 6.07) is 8.29. The molecule has 190 valence electrons. The van der Waals surface area contributed by atoms with Crippen molar-refractivity contribution < 1.29 is 14.4 Å². The molecule has 4 rings (SSSR count). The van der Waals surface area contributed by atoms with Crippen molar-refractivity contribution in [1.82, 2.24) is 14.9 Å². The van der Waals surface area contributed by atoms with E-state index in [0.717, 1.165) is 42.8 Å². The smallest absolute Gasteiger partial charge is 0.351 e. The number of hydrogen-bond donors (Lipinski definition) is 1. The van der Waals surface area contributed by atoms with Crippen LogP contribution in [0.2, 0.25) is 0 Å². The highest BCUT2D eigenvalue weighted by Gasteiger charge is 2.28. The van der Waals surface area contributed by atoms with Gasteiger partial charge in [-0.05, 0) is 56.2 Å². The Labute approximate surface area is 212 Å². The third-order valence-corrected chi connectivity index (χ3v) is 8.23. The van der Waals surface area contributed by atoms with E-state index in [0.29, 0.717) is 30.7 Å². The van der Waals surface area contributed by atoms with Crippen molar-refractivity contribution in [2.75, 3.05) is 25.5 Å². The zero-order chi connectivity index (χ0) is 24.6. The Bertz CT molecular complexity index is 963. The van der Waals surface area contributed by atoms with Crippen LogP contribution in [0, 0.1) is 0 Å². The van der Waals surface area contributed by atoms with Gasteiger partial charge in [0.1, 0.15) is 5.69 Å². The lowest BCUT2D eigenvalue weighted by molar-refractivity contribution is -0.108. The van der Waals surface area contributed by atoms with Crippen LogP contribution in [0.3, 0.4) is 0 Å². The van der Waals surface area contributed by atoms with Gasteiger partial charge in [-0.25, -0.2) is 9.78 Å². The van der Waals surface area contributed by atoms with Crippen LogP contribution < -0.4 is 5.32 Å². The van der Waals surface area contributed by atoms with Crippen molar-refractivity contribution in [2.45, 2.75) is 83.1 Å². The van der Waals surface area contributed by atoms with Crippen LogP contribution in [0.5, 0.6) is 0 Å². The highest BCUT2D eigenvalue weighted by molar-refractivity contribution is 7.09. The second-order valence-electron chi connectivity index (χ2n) is 9.79. The number of nitrogens with one attached hydrogen (secondary N) is 1. The molecule has 0 bridgehead atoms. The van der Waals surface area contributed by atoms with Crippen LogP contribution in [-0.4, -0.2) is 53.1 Å². The topological polar surface area (TPSA) is 74.8 Å². The quantitative estimate of drug-likeness (QED) is 0.467. The second-order valence-corrected chi connectivity index (χ2v) is 10.7. The molecule has 1 N–H and O–H groups in total. The number of carbonyl (C=O) groups is 2. The molecule has 1 aromatic heterocycles. The van der Waals surface area contributed by atoms with Gasteiger partial charge in [-0.3, -0.25) is 10.1 Å². The van der Waals surface area contributed by atoms with E-state index in [1.807, 2.05) is 29.5 Å². The van der Waals surface area contributed by atoms with Gasteiger partial charge in [0.05, 0.1) is 5.01 Å². The maximum atomic E-state index is 12.9. The average molecular weight is 499 g/mol. The molecule has 0 spiro atoms. The van der Waals surface area contributed by atoms with Gasteiger partial charge in [-0.1, -0.05) is 44.7 Å². The number of anilines is 1. The van der Waals surface area contributed by atoms with E-state index in [1.54, 1.807) is 16.4 Å². The zero-order valence-corrected chi connectivity index (χ0v) is 21.8. The molecule has 1 aliphatic carbocycles. The Morgan fingerprint density at radius 2 is 1.83 bits per heavy atom. The molecule has 0 atom stereocenters. The average Bonchev–Trinajstić information content (AvgIpc) is 3.39. The van der Waals surface area contributed by atoms with Crippen LogP contribution in [0.15, 0.2) is 29.6 Å². The van der Waals surface area contributed by atoms with Gasteiger partial charge in [-0.15, -0.1) is 16.4 Å². The Balaban J connectivity index is 1.22. The highest BCUT2D eigenvalue weighted by Crippen LogP contribution is 2.31. The standard InChI is InChI=1S/C27H38N4O3S/c1-3-4-8-20-11-13-22(14-12-20)28-27(33)34-31-17-15-21(16-18-31)25-29-24(19-35-25)26(32)30(2)23-9-6-5-7-10-23/h11-14,19,21,23H,3-10,15-18H2,1-2H3,(H,28,33). The number of benzene rings is 1. The first-order chi connectivity index (χ1) is 17.0. The van der Waals surface area contributed by atoms with Crippen LogP contribution >= 0.6 is 11.3 Å². The number of rotatable bonds is 8. The summed E-state index contributed by atoms with van der Waals surface area (Å²) < 4.78 is 0. The van der Waals surface area contributed by atoms with E-state index in [1.165, 1.54) is 37.7 Å². The molecule has 8 heteroatoms. The molecule has 0 unspecified atom stereocenters. The summed E-state index contributed by atoms with van der Waals surface area (Å²) in [6.07, 6.45) is 10.5. The third-order valence-electron chi connectivity index (χ3n) is 7.22. The fourth-order valence-corrected chi connectivity index (χ4v) is 5.94. The molecule has 7 nitrogen and oxygen atoms in total. The summed E-state index contributed by atoms with van der Waals surface area (Å²) in [7, 11) is 1.92. The number of amides is 2. The van der Waals surface area contributed by atoms with Crippen molar-refractivity contribution in [1.29, 1.82) is 0 Å². The van der Waals surface area contributed by atoms with E-state index < -0.39 is 6.09 Å². The summed E-state index contributed by atoms with van der Waals surface area (Å²) >= 11 is 1.57. The first-order valence-electron chi connectivity index (χ1n) is 13.1. The van der Waals surface area contributed by atoms with Gasteiger partial charge in [0.15, 0.2) is 0 Å². The van der Waals surface area contributed by atoms with Crippen LogP contribution in [0.25, 0.3) is 0 Å². The molecule has 2 aliphatic rings. The zero-order valence-electron chi connectivity index (χ0n) is 21.0. The van der Waals surface area contributed by atoms with Crippen molar-refractivity contribution >= 4 is 29.0 Å². The van der Waals surface area contributed by atoms with Gasteiger partial charge in [-0.2, -0.15) is 0 Å². The number of piperidine rings is 1. The van der Waals surface area contributed by atoms with Crippen molar-refractivity contribution in [3.63, 3.8) is 0 Å². The maximum Gasteiger partial charge on any atom is 0.430 e.